The SMILES string of the molecule is C[SiH](O[Si](C)(C)C)C(C)(C)O. The molecule has 0 fully saturated rings. The van der Waals surface area contributed by atoms with Gasteiger partial charge in [-0.05, 0) is 40.0 Å². The maximum atomic E-state index is 9.61. The van der Waals surface area contributed by atoms with E-state index in [2.05, 4.69) is 26.2 Å². The van der Waals surface area contributed by atoms with Gasteiger partial charge in [-0.3, -0.25) is 0 Å². The molecule has 0 aliphatic carbocycles. The highest BCUT2D eigenvalue weighted by Gasteiger charge is 2.29. The second-order valence-corrected chi connectivity index (χ2v) is 12.4. The number of aliphatic hydroxyl groups is 1. The topological polar surface area (TPSA) is 29.5 Å². The minimum absolute atomic E-state index is 0.583. The minimum atomic E-state index is -1.43. The molecular weight excluding hydrogens is 172 g/mol. The molecule has 4 heteroatoms. The Hall–Kier alpha value is 0.354. The van der Waals surface area contributed by atoms with Gasteiger partial charge in [0.05, 0.1) is 5.22 Å². The Balaban J connectivity index is 3.99. The van der Waals surface area contributed by atoms with Crippen molar-refractivity contribution in [1.82, 2.24) is 0 Å². The molecule has 0 aromatic rings. The first-order chi connectivity index (χ1) is 4.63. The van der Waals surface area contributed by atoms with Crippen LogP contribution in [0.25, 0.3) is 0 Å². The van der Waals surface area contributed by atoms with E-state index in [1.165, 1.54) is 0 Å². The third-order valence-electron chi connectivity index (χ3n) is 1.53. The highest BCUT2D eigenvalue weighted by Crippen LogP contribution is 2.13. The van der Waals surface area contributed by atoms with Gasteiger partial charge in [0.25, 0.3) is 0 Å². The lowest BCUT2D eigenvalue weighted by atomic mass is 10.5. The van der Waals surface area contributed by atoms with Crippen molar-refractivity contribution >= 4 is 17.4 Å². The second-order valence-electron chi connectivity index (χ2n) is 4.53. The van der Waals surface area contributed by atoms with Crippen LogP contribution in [0, 0.1) is 0 Å². The molecule has 0 spiro atoms. The standard InChI is InChI=1S/C7H20O2Si2/c1-7(2,8)10(3)9-11(4,5)6/h8,10H,1-6H3. The molecule has 0 aromatic carbocycles. The van der Waals surface area contributed by atoms with Crippen molar-refractivity contribution in [2.45, 2.75) is 45.3 Å². The van der Waals surface area contributed by atoms with Crippen molar-refractivity contribution in [3.8, 4) is 0 Å². The lowest BCUT2D eigenvalue weighted by molar-refractivity contribution is 0.146. The van der Waals surface area contributed by atoms with Crippen LogP contribution < -0.4 is 0 Å². The summed E-state index contributed by atoms with van der Waals surface area (Å²) >= 11 is 0. The lowest BCUT2D eigenvalue weighted by Crippen LogP contribution is -2.46. The zero-order chi connectivity index (χ0) is 9.28. The Labute approximate surface area is 72.4 Å². The molecular formula is C7H20O2Si2. The van der Waals surface area contributed by atoms with Crippen molar-refractivity contribution in [3.05, 3.63) is 0 Å². The van der Waals surface area contributed by atoms with Gasteiger partial charge >= 0.3 is 0 Å². The first-order valence-electron chi connectivity index (χ1n) is 4.03. The molecule has 0 saturated heterocycles. The molecule has 0 rings (SSSR count). The van der Waals surface area contributed by atoms with Gasteiger partial charge in [-0.15, -0.1) is 0 Å². The first kappa shape index (κ1) is 11.4. The summed E-state index contributed by atoms with van der Waals surface area (Å²) in [5, 5.41) is 9.03. The summed E-state index contributed by atoms with van der Waals surface area (Å²) in [6.45, 7) is 12.2. The molecule has 0 saturated carbocycles. The van der Waals surface area contributed by atoms with Gasteiger partial charge in [-0.2, -0.15) is 0 Å². The summed E-state index contributed by atoms with van der Waals surface area (Å²) < 4.78 is 5.83. The number of hydrogen-bond donors (Lipinski definition) is 1. The van der Waals surface area contributed by atoms with Crippen LogP contribution in [-0.4, -0.2) is 27.7 Å². The van der Waals surface area contributed by atoms with Gasteiger partial charge in [-0.25, -0.2) is 0 Å². The van der Waals surface area contributed by atoms with Crippen molar-refractivity contribution in [2.24, 2.45) is 0 Å². The van der Waals surface area contributed by atoms with E-state index in [1.54, 1.807) is 0 Å². The molecule has 11 heavy (non-hydrogen) atoms. The van der Waals surface area contributed by atoms with Crippen molar-refractivity contribution in [3.63, 3.8) is 0 Å². The van der Waals surface area contributed by atoms with Crippen LogP contribution in [0.2, 0.25) is 26.2 Å². The molecule has 1 atom stereocenters. The Morgan fingerprint density at radius 2 is 1.64 bits per heavy atom. The van der Waals surface area contributed by atoms with Crippen LogP contribution in [0.5, 0.6) is 0 Å². The summed E-state index contributed by atoms with van der Waals surface area (Å²) in [6, 6.07) is 0. The Kier molecular flexibility index (Phi) is 3.50. The van der Waals surface area contributed by atoms with Crippen LogP contribution in [-0.2, 0) is 4.12 Å². The average Bonchev–Trinajstić information content (AvgIpc) is 1.56. The van der Waals surface area contributed by atoms with Crippen LogP contribution in [0.3, 0.4) is 0 Å². The van der Waals surface area contributed by atoms with E-state index in [-0.39, 0.29) is 0 Å². The number of rotatable bonds is 3. The summed E-state index contributed by atoms with van der Waals surface area (Å²) in [7, 11) is -2.83. The van der Waals surface area contributed by atoms with Gasteiger partial charge in [0.1, 0.15) is 0 Å². The van der Waals surface area contributed by atoms with E-state index in [0.29, 0.717) is 0 Å². The molecule has 2 nitrogen and oxygen atoms in total. The smallest absolute Gasteiger partial charge is 0.191 e. The summed E-state index contributed by atoms with van der Waals surface area (Å²) in [5.74, 6) is 0. The number of hydrogen-bond acceptors (Lipinski definition) is 2. The highest BCUT2D eigenvalue weighted by atomic mass is 28.4. The van der Waals surface area contributed by atoms with Gasteiger partial charge < -0.3 is 9.22 Å². The zero-order valence-corrected chi connectivity index (χ0v) is 10.6. The molecule has 68 valence electrons. The van der Waals surface area contributed by atoms with Crippen molar-refractivity contribution in [2.75, 3.05) is 0 Å². The van der Waals surface area contributed by atoms with E-state index in [0.717, 1.165) is 0 Å². The molecule has 0 aliphatic heterocycles. The van der Waals surface area contributed by atoms with Crippen LogP contribution in [0.4, 0.5) is 0 Å². The quantitative estimate of drug-likeness (QED) is 0.687. The van der Waals surface area contributed by atoms with Gasteiger partial charge in [0.2, 0.25) is 0 Å². The normalized spacial score (nSPS) is 16.6. The van der Waals surface area contributed by atoms with Crippen LogP contribution in [0.1, 0.15) is 13.8 Å². The Bertz CT molecular complexity index is 123. The zero-order valence-electron chi connectivity index (χ0n) is 8.43. The van der Waals surface area contributed by atoms with E-state index in [9.17, 15) is 5.11 Å². The predicted octanol–water partition coefficient (Wildman–Crippen LogP) is 1.50. The molecule has 1 N–H and O–H groups in total. The average molecular weight is 192 g/mol. The second kappa shape index (κ2) is 3.39. The summed E-state index contributed by atoms with van der Waals surface area (Å²) in [4.78, 5) is 0. The lowest BCUT2D eigenvalue weighted by Gasteiger charge is -2.30. The molecule has 0 heterocycles. The highest BCUT2D eigenvalue weighted by molar-refractivity contribution is 6.77. The van der Waals surface area contributed by atoms with Crippen molar-refractivity contribution < 1.29 is 9.22 Å². The largest absolute Gasteiger partial charge is 0.456 e. The molecule has 0 aromatic heterocycles. The first-order valence-corrected chi connectivity index (χ1v) is 9.64. The van der Waals surface area contributed by atoms with Gasteiger partial charge in [0, 0.05) is 0 Å². The molecule has 0 amide bonds. The Morgan fingerprint density at radius 3 is 1.73 bits per heavy atom. The maximum absolute atomic E-state index is 9.61. The minimum Gasteiger partial charge on any atom is -0.456 e. The Morgan fingerprint density at radius 1 is 1.27 bits per heavy atom. The van der Waals surface area contributed by atoms with Crippen LogP contribution in [0.15, 0.2) is 0 Å². The van der Waals surface area contributed by atoms with Gasteiger partial charge in [0.15, 0.2) is 17.4 Å². The third kappa shape index (κ3) is 5.61. The molecule has 1 unspecified atom stereocenters. The van der Waals surface area contributed by atoms with E-state index < -0.39 is 22.6 Å². The van der Waals surface area contributed by atoms with Crippen LogP contribution >= 0.6 is 0 Å². The summed E-state index contributed by atoms with van der Waals surface area (Å²) in [5.41, 5.74) is 0. The van der Waals surface area contributed by atoms with E-state index in [4.69, 9.17) is 4.12 Å². The molecule has 0 radical (unpaired) electrons. The fourth-order valence-corrected chi connectivity index (χ4v) is 6.07. The fraction of sp³-hybridized carbons (Fsp3) is 1.00. The maximum Gasteiger partial charge on any atom is 0.191 e. The van der Waals surface area contributed by atoms with E-state index >= 15 is 0 Å². The monoisotopic (exact) mass is 192 g/mol. The van der Waals surface area contributed by atoms with E-state index in [1.807, 2.05) is 13.8 Å². The van der Waals surface area contributed by atoms with Crippen molar-refractivity contribution in [1.29, 1.82) is 0 Å². The predicted molar refractivity (Wildman–Crippen MR) is 53.7 cm³/mol. The van der Waals surface area contributed by atoms with Gasteiger partial charge in [-0.1, -0.05) is 0 Å². The molecule has 0 aliphatic rings. The third-order valence-corrected chi connectivity index (χ3v) is 7.76. The fourth-order valence-electron chi connectivity index (χ4n) is 0.675. The molecule has 0 bridgehead atoms. The summed E-state index contributed by atoms with van der Waals surface area (Å²) in [6.07, 6.45) is 0.